The van der Waals surface area contributed by atoms with Gasteiger partial charge >= 0.3 is 0 Å². The topological polar surface area (TPSA) is 109 Å². The number of nitrogens with two attached hydrogens (primary N) is 1. The maximum Gasteiger partial charge on any atom is 0.243 e. The van der Waals surface area contributed by atoms with Crippen molar-refractivity contribution in [3.8, 4) is 0 Å². The normalized spacial score (nSPS) is 18.4. The summed E-state index contributed by atoms with van der Waals surface area (Å²) in [6, 6.07) is 0.887. The van der Waals surface area contributed by atoms with E-state index in [1.807, 2.05) is 0 Å². The first-order chi connectivity index (χ1) is 8.86. The third-order valence-electron chi connectivity index (χ3n) is 3.29. The summed E-state index contributed by atoms with van der Waals surface area (Å²) in [7, 11) is -3.94. The van der Waals surface area contributed by atoms with E-state index in [0.29, 0.717) is 12.8 Å². The van der Waals surface area contributed by atoms with Crippen LogP contribution in [0.25, 0.3) is 0 Å². The first-order valence-corrected chi connectivity index (χ1v) is 7.33. The van der Waals surface area contributed by atoms with E-state index in [-0.39, 0.29) is 10.7 Å². The molecule has 0 amide bonds. The van der Waals surface area contributed by atoms with Crippen molar-refractivity contribution in [2.45, 2.75) is 36.1 Å². The molecule has 1 aromatic heterocycles. The summed E-state index contributed by atoms with van der Waals surface area (Å²) in [5.74, 6) is -0.941. The molecule has 0 spiro atoms. The van der Waals surface area contributed by atoms with Crippen LogP contribution >= 0.6 is 0 Å². The molecule has 0 aromatic carbocycles. The minimum Gasteiger partial charge on any atom is -0.386 e. The Morgan fingerprint density at radius 1 is 1.42 bits per heavy atom. The molecule has 1 aromatic rings. The Labute approximate surface area is 110 Å². The second-order valence-corrected chi connectivity index (χ2v) is 6.33. The molecule has 104 valence electrons. The first-order valence-electron chi connectivity index (χ1n) is 5.85. The van der Waals surface area contributed by atoms with Crippen LogP contribution in [0.15, 0.2) is 23.4 Å². The number of nitrogens with zero attached hydrogens (tertiary/aromatic N) is 1. The van der Waals surface area contributed by atoms with Crippen LogP contribution in [0.2, 0.25) is 0 Å². The van der Waals surface area contributed by atoms with Crippen LogP contribution < -0.4 is 10.5 Å². The molecule has 0 radical (unpaired) electrons. The van der Waals surface area contributed by atoms with E-state index in [1.54, 1.807) is 0 Å². The summed E-state index contributed by atoms with van der Waals surface area (Å²) in [5.41, 5.74) is 4.46. The van der Waals surface area contributed by atoms with Crippen molar-refractivity contribution in [3.05, 3.63) is 24.3 Å². The van der Waals surface area contributed by atoms with E-state index in [0.717, 1.165) is 31.3 Å². The molecule has 0 atom stereocenters. The molecule has 1 aliphatic rings. The number of nitrogens with one attached hydrogen (secondary N) is 2. The monoisotopic (exact) mass is 286 g/mol. The summed E-state index contributed by atoms with van der Waals surface area (Å²) in [5, 5.41) is 7.59. The van der Waals surface area contributed by atoms with E-state index < -0.39 is 21.4 Å². The number of aromatic nitrogens is 1. The van der Waals surface area contributed by atoms with E-state index in [4.69, 9.17) is 11.1 Å². The average molecular weight is 286 g/mol. The van der Waals surface area contributed by atoms with E-state index >= 15 is 0 Å². The van der Waals surface area contributed by atoms with E-state index in [9.17, 15) is 12.8 Å². The van der Waals surface area contributed by atoms with Crippen molar-refractivity contribution in [1.82, 2.24) is 9.71 Å². The van der Waals surface area contributed by atoms with E-state index in [1.165, 1.54) is 0 Å². The Morgan fingerprint density at radius 3 is 2.58 bits per heavy atom. The van der Waals surface area contributed by atoms with Crippen molar-refractivity contribution in [3.63, 3.8) is 0 Å². The third kappa shape index (κ3) is 2.74. The minimum absolute atomic E-state index is 0.210. The molecule has 19 heavy (non-hydrogen) atoms. The third-order valence-corrected chi connectivity index (χ3v) is 4.80. The summed E-state index contributed by atoms with van der Waals surface area (Å²) < 4.78 is 39.8. The number of halogens is 1. The second kappa shape index (κ2) is 4.86. The Balaban J connectivity index is 2.33. The van der Waals surface area contributed by atoms with Crippen LogP contribution in [0.5, 0.6) is 0 Å². The predicted octanol–water partition coefficient (Wildman–Crippen LogP) is 0.748. The molecule has 0 saturated heterocycles. The lowest BCUT2D eigenvalue weighted by molar-refractivity contribution is 0.495. The number of hydrogen-bond donors (Lipinski definition) is 3. The Hall–Kier alpha value is -1.54. The molecule has 2 rings (SSSR count). The lowest BCUT2D eigenvalue weighted by atomic mass is 9.98. The number of hydrogen-bond acceptors (Lipinski definition) is 4. The van der Waals surface area contributed by atoms with Crippen LogP contribution in [0, 0.1) is 11.2 Å². The highest BCUT2D eigenvalue weighted by molar-refractivity contribution is 7.89. The summed E-state index contributed by atoms with van der Waals surface area (Å²) in [4.78, 5) is 3.25. The van der Waals surface area contributed by atoms with Crippen LogP contribution in [-0.4, -0.2) is 24.8 Å². The van der Waals surface area contributed by atoms with Crippen molar-refractivity contribution in [2.75, 3.05) is 0 Å². The highest BCUT2D eigenvalue weighted by Crippen LogP contribution is 2.31. The molecule has 1 heterocycles. The molecule has 0 bridgehead atoms. The van der Waals surface area contributed by atoms with Gasteiger partial charge in [-0.25, -0.2) is 12.8 Å². The second-order valence-electron chi connectivity index (χ2n) is 4.65. The quantitative estimate of drug-likeness (QED) is 0.560. The number of sulfonamides is 1. The fourth-order valence-electron chi connectivity index (χ4n) is 2.26. The zero-order valence-electron chi connectivity index (χ0n) is 10.2. The first kappa shape index (κ1) is 13.9. The predicted molar refractivity (Wildman–Crippen MR) is 67.6 cm³/mol. The van der Waals surface area contributed by atoms with Gasteiger partial charge < -0.3 is 5.73 Å². The molecule has 0 aliphatic heterocycles. The Kier molecular flexibility index (Phi) is 3.55. The van der Waals surface area contributed by atoms with Gasteiger partial charge in [-0.2, -0.15) is 4.72 Å². The van der Waals surface area contributed by atoms with Crippen molar-refractivity contribution < 1.29 is 12.8 Å². The van der Waals surface area contributed by atoms with Crippen molar-refractivity contribution in [1.29, 1.82) is 5.41 Å². The zero-order valence-corrected chi connectivity index (χ0v) is 11.0. The fourth-order valence-corrected chi connectivity index (χ4v) is 3.67. The SMILES string of the molecule is N=C(N)C1(NS(=O)(=O)c2cncc(F)c2)CCCC1. The molecule has 4 N–H and O–H groups in total. The molecule has 8 heteroatoms. The maximum atomic E-state index is 13.0. The number of rotatable bonds is 4. The molecule has 0 unspecified atom stereocenters. The number of pyridine rings is 1. The maximum absolute atomic E-state index is 13.0. The van der Waals surface area contributed by atoms with Gasteiger partial charge in [-0.15, -0.1) is 0 Å². The van der Waals surface area contributed by atoms with Gasteiger partial charge in [-0.05, 0) is 18.9 Å². The van der Waals surface area contributed by atoms with Crippen LogP contribution in [0.3, 0.4) is 0 Å². The van der Waals surface area contributed by atoms with Gasteiger partial charge in [0.15, 0.2) is 0 Å². The standard InChI is InChI=1S/C11H15FN4O2S/c12-8-5-9(7-15-6-8)19(17,18)16-11(10(13)14)3-1-2-4-11/h5-7,16H,1-4H2,(H3,13,14). The molecule has 1 aliphatic carbocycles. The highest BCUT2D eigenvalue weighted by Gasteiger charge is 2.41. The molecule has 1 saturated carbocycles. The summed E-state index contributed by atoms with van der Waals surface area (Å²) >= 11 is 0. The minimum atomic E-state index is -3.94. The Bertz CT molecular complexity index is 596. The summed E-state index contributed by atoms with van der Waals surface area (Å²) in [6.07, 6.45) is 4.53. The Morgan fingerprint density at radius 2 is 2.05 bits per heavy atom. The lowest BCUT2D eigenvalue weighted by Crippen LogP contribution is -2.55. The zero-order chi connectivity index (χ0) is 14.1. The number of amidine groups is 1. The van der Waals surface area contributed by atoms with Crippen molar-refractivity contribution >= 4 is 15.9 Å². The van der Waals surface area contributed by atoms with Gasteiger partial charge in [0.1, 0.15) is 16.5 Å². The molecule has 1 fully saturated rings. The molecular weight excluding hydrogens is 271 g/mol. The highest BCUT2D eigenvalue weighted by atomic mass is 32.2. The largest absolute Gasteiger partial charge is 0.386 e. The van der Waals surface area contributed by atoms with Crippen LogP contribution in [0.1, 0.15) is 25.7 Å². The molecular formula is C11H15FN4O2S. The van der Waals surface area contributed by atoms with Crippen LogP contribution in [0.4, 0.5) is 4.39 Å². The molecule has 6 nitrogen and oxygen atoms in total. The lowest BCUT2D eigenvalue weighted by Gasteiger charge is -2.28. The van der Waals surface area contributed by atoms with Gasteiger partial charge in [0.2, 0.25) is 10.0 Å². The van der Waals surface area contributed by atoms with Crippen LogP contribution in [-0.2, 0) is 10.0 Å². The smallest absolute Gasteiger partial charge is 0.243 e. The van der Waals surface area contributed by atoms with Gasteiger partial charge in [0, 0.05) is 6.20 Å². The van der Waals surface area contributed by atoms with Gasteiger partial charge in [0.05, 0.1) is 11.7 Å². The average Bonchev–Trinajstić information content (AvgIpc) is 2.78. The van der Waals surface area contributed by atoms with Gasteiger partial charge in [0.25, 0.3) is 0 Å². The van der Waals surface area contributed by atoms with E-state index in [2.05, 4.69) is 9.71 Å². The van der Waals surface area contributed by atoms with Gasteiger partial charge in [-0.1, -0.05) is 12.8 Å². The van der Waals surface area contributed by atoms with Gasteiger partial charge in [-0.3, -0.25) is 10.4 Å². The van der Waals surface area contributed by atoms with Crippen molar-refractivity contribution in [2.24, 2.45) is 5.73 Å². The summed E-state index contributed by atoms with van der Waals surface area (Å²) in [6.45, 7) is 0. The fraction of sp³-hybridized carbons (Fsp3) is 0.455.